The molecule has 6 heteroatoms. The van der Waals surface area contributed by atoms with Crippen molar-refractivity contribution in [2.75, 3.05) is 5.32 Å². The summed E-state index contributed by atoms with van der Waals surface area (Å²) < 4.78 is 5.28. The fourth-order valence-corrected chi connectivity index (χ4v) is 4.65. The summed E-state index contributed by atoms with van der Waals surface area (Å²) >= 11 is 1.81. The molecule has 5 nitrogen and oxygen atoms in total. The molecule has 1 aliphatic carbocycles. The van der Waals surface area contributed by atoms with Crippen molar-refractivity contribution in [2.24, 2.45) is 0 Å². The van der Waals surface area contributed by atoms with Gasteiger partial charge in [-0.25, -0.2) is 9.97 Å². The minimum atomic E-state index is 0.0984. The second kappa shape index (κ2) is 5.05. The Balaban J connectivity index is 1.76. The first kappa shape index (κ1) is 13.7. The normalized spacial score (nSPS) is 15.2. The predicted molar refractivity (Wildman–Crippen MR) is 87.5 cm³/mol. The third-order valence-corrected chi connectivity index (χ3v) is 5.58. The fraction of sp³-hybridized carbons (Fsp3) is 0.438. The number of hydrogen-bond acceptors (Lipinski definition) is 6. The number of fused-ring (bicyclic) bond motifs is 3. The molecule has 22 heavy (non-hydrogen) atoms. The van der Waals surface area contributed by atoms with Crippen molar-refractivity contribution in [2.45, 2.75) is 46.1 Å². The van der Waals surface area contributed by atoms with Gasteiger partial charge in [-0.1, -0.05) is 5.16 Å². The molecule has 3 heterocycles. The lowest BCUT2D eigenvalue weighted by Gasteiger charge is -2.15. The van der Waals surface area contributed by atoms with Gasteiger partial charge in [-0.3, -0.25) is 0 Å². The predicted octanol–water partition coefficient (Wildman–Crippen LogP) is 3.96. The van der Waals surface area contributed by atoms with E-state index in [9.17, 15) is 0 Å². The highest BCUT2D eigenvalue weighted by molar-refractivity contribution is 7.19. The maximum absolute atomic E-state index is 5.28. The molecule has 114 valence electrons. The summed E-state index contributed by atoms with van der Waals surface area (Å²) in [6.45, 7) is 6.04. The standard InChI is InChI=1S/C16H18N4OS/c1-8(13-9(2)20-21-10(13)3)19-15-14-11-5-4-6-12(11)22-16(14)18-7-17-15/h7-8H,4-6H2,1-3H3,(H,17,18,19). The number of nitrogens with one attached hydrogen (secondary N) is 1. The molecule has 0 bridgehead atoms. The summed E-state index contributed by atoms with van der Waals surface area (Å²) in [5, 5.41) is 8.79. The van der Waals surface area contributed by atoms with Crippen LogP contribution in [0.15, 0.2) is 10.9 Å². The van der Waals surface area contributed by atoms with E-state index in [0.29, 0.717) is 0 Å². The summed E-state index contributed by atoms with van der Waals surface area (Å²) in [5.74, 6) is 1.79. The lowest BCUT2D eigenvalue weighted by atomic mass is 10.1. The van der Waals surface area contributed by atoms with E-state index in [-0.39, 0.29) is 6.04 Å². The van der Waals surface area contributed by atoms with E-state index in [1.54, 1.807) is 6.33 Å². The van der Waals surface area contributed by atoms with Gasteiger partial charge >= 0.3 is 0 Å². The Bertz CT molecular complexity index is 832. The maximum Gasteiger partial charge on any atom is 0.139 e. The smallest absolute Gasteiger partial charge is 0.139 e. The quantitative estimate of drug-likeness (QED) is 0.793. The van der Waals surface area contributed by atoms with Crippen molar-refractivity contribution in [1.29, 1.82) is 0 Å². The first-order valence-electron chi connectivity index (χ1n) is 7.59. The highest BCUT2D eigenvalue weighted by Crippen LogP contribution is 2.40. The molecular weight excluding hydrogens is 296 g/mol. The van der Waals surface area contributed by atoms with Gasteiger partial charge in [0.05, 0.1) is 17.1 Å². The van der Waals surface area contributed by atoms with Crippen LogP contribution in [0.2, 0.25) is 0 Å². The molecule has 0 aliphatic heterocycles. The summed E-state index contributed by atoms with van der Waals surface area (Å²) in [6, 6.07) is 0.0984. The van der Waals surface area contributed by atoms with Gasteiger partial charge in [-0.15, -0.1) is 11.3 Å². The van der Waals surface area contributed by atoms with Crippen molar-refractivity contribution < 1.29 is 4.52 Å². The molecule has 3 aromatic rings. The van der Waals surface area contributed by atoms with Crippen LogP contribution in [0, 0.1) is 13.8 Å². The Kier molecular flexibility index (Phi) is 3.14. The Morgan fingerprint density at radius 3 is 2.91 bits per heavy atom. The van der Waals surface area contributed by atoms with Gasteiger partial charge in [-0.05, 0) is 45.6 Å². The largest absolute Gasteiger partial charge is 0.363 e. The molecule has 0 radical (unpaired) electrons. The van der Waals surface area contributed by atoms with Crippen LogP contribution in [0.5, 0.6) is 0 Å². The van der Waals surface area contributed by atoms with Crippen LogP contribution in [0.4, 0.5) is 5.82 Å². The zero-order chi connectivity index (χ0) is 15.3. The molecule has 0 fully saturated rings. The van der Waals surface area contributed by atoms with Crippen molar-refractivity contribution in [3.63, 3.8) is 0 Å². The van der Waals surface area contributed by atoms with Gasteiger partial charge in [0, 0.05) is 10.4 Å². The molecule has 0 spiro atoms. The fourth-order valence-electron chi connectivity index (χ4n) is 3.42. The van der Waals surface area contributed by atoms with Gasteiger partial charge < -0.3 is 9.84 Å². The van der Waals surface area contributed by atoms with Gasteiger partial charge in [0.1, 0.15) is 22.7 Å². The van der Waals surface area contributed by atoms with E-state index in [1.807, 2.05) is 25.2 Å². The van der Waals surface area contributed by atoms with Crippen LogP contribution in [0.1, 0.15) is 46.8 Å². The van der Waals surface area contributed by atoms with Crippen LogP contribution in [-0.4, -0.2) is 15.1 Å². The van der Waals surface area contributed by atoms with E-state index < -0.39 is 0 Å². The van der Waals surface area contributed by atoms with Crippen molar-refractivity contribution in [3.05, 3.63) is 33.8 Å². The molecule has 0 aromatic carbocycles. The number of hydrogen-bond donors (Lipinski definition) is 1. The zero-order valence-electron chi connectivity index (χ0n) is 12.9. The van der Waals surface area contributed by atoms with E-state index in [4.69, 9.17) is 4.52 Å². The van der Waals surface area contributed by atoms with Crippen molar-refractivity contribution >= 4 is 27.4 Å². The summed E-state index contributed by atoms with van der Waals surface area (Å²) in [5.41, 5.74) is 3.48. The molecular formula is C16H18N4OS. The highest BCUT2D eigenvalue weighted by Gasteiger charge is 2.23. The summed E-state index contributed by atoms with van der Waals surface area (Å²) in [6.07, 6.45) is 5.20. The third kappa shape index (κ3) is 2.01. The second-order valence-electron chi connectivity index (χ2n) is 5.86. The molecule has 1 atom stereocenters. The van der Waals surface area contributed by atoms with Gasteiger partial charge in [0.15, 0.2) is 0 Å². The number of rotatable bonds is 3. The SMILES string of the molecule is Cc1noc(C)c1C(C)Nc1ncnc2sc3c(c12)CCC3. The Hall–Kier alpha value is -1.95. The number of anilines is 1. The van der Waals surface area contributed by atoms with Gasteiger partial charge in [0.2, 0.25) is 0 Å². The van der Waals surface area contributed by atoms with Crippen LogP contribution in [0.3, 0.4) is 0 Å². The Morgan fingerprint density at radius 2 is 2.14 bits per heavy atom. The van der Waals surface area contributed by atoms with E-state index in [2.05, 4.69) is 27.4 Å². The molecule has 0 amide bonds. The average Bonchev–Trinajstić information content (AvgIpc) is 3.13. The summed E-state index contributed by atoms with van der Waals surface area (Å²) in [4.78, 5) is 11.5. The van der Waals surface area contributed by atoms with E-state index in [1.165, 1.54) is 28.7 Å². The Morgan fingerprint density at radius 1 is 1.27 bits per heavy atom. The van der Waals surface area contributed by atoms with Crippen LogP contribution >= 0.6 is 11.3 Å². The molecule has 3 aromatic heterocycles. The first-order chi connectivity index (χ1) is 10.6. The molecule has 0 saturated carbocycles. The van der Waals surface area contributed by atoms with Crippen LogP contribution in [0.25, 0.3) is 10.2 Å². The first-order valence-corrected chi connectivity index (χ1v) is 8.41. The Labute approximate surface area is 132 Å². The van der Waals surface area contributed by atoms with Gasteiger partial charge in [-0.2, -0.15) is 0 Å². The molecule has 1 unspecified atom stereocenters. The number of thiophene rings is 1. The van der Waals surface area contributed by atoms with Crippen molar-refractivity contribution in [3.8, 4) is 0 Å². The van der Waals surface area contributed by atoms with E-state index in [0.717, 1.165) is 34.1 Å². The van der Waals surface area contributed by atoms with Crippen LogP contribution < -0.4 is 5.32 Å². The number of nitrogens with zero attached hydrogens (tertiary/aromatic N) is 3. The lowest BCUT2D eigenvalue weighted by molar-refractivity contribution is 0.392. The highest BCUT2D eigenvalue weighted by atomic mass is 32.1. The zero-order valence-corrected chi connectivity index (χ0v) is 13.8. The molecule has 1 aliphatic rings. The average molecular weight is 314 g/mol. The summed E-state index contributed by atoms with van der Waals surface area (Å²) in [7, 11) is 0. The molecule has 4 rings (SSSR count). The number of aryl methyl sites for hydroxylation is 4. The lowest BCUT2D eigenvalue weighted by Crippen LogP contribution is -2.10. The topological polar surface area (TPSA) is 63.8 Å². The maximum atomic E-state index is 5.28. The van der Waals surface area contributed by atoms with Crippen LogP contribution in [-0.2, 0) is 12.8 Å². The number of aromatic nitrogens is 3. The van der Waals surface area contributed by atoms with E-state index >= 15 is 0 Å². The minimum absolute atomic E-state index is 0.0984. The second-order valence-corrected chi connectivity index (χ2v) is 6.95. The monoisotopic (exact) mass is 314 g/mol. The minimum Gasteiger partial charge on any atom is -0.363 e. The third-order valence-electron chi connectivity index (χ3n) is 4.38. The molecule has 1 N–H and O–H groups in total. The van der Waals surface area contributed by atoms with Crippen molar-refractivity contribution in [1.82, 2.24) is 15.1 Å². The molecule has 0 saturated heterocycles. The van der Waals surface area contributed by atoms with Gasteiger partial charge in [0.25, 0.3) is 0 Å².